The van der Waals surface area contributed by atoms with Crippen LogP contribution in [0.4, 0.5) is 0 Å². The first kappa shape index (κ1) is 15.1. The third kappa shape index (κ3) is 3.50. The Morgan fingerprint density at radius 1 is 1.32 bits per heavy atom. The van der Waals surface area contributed by atoms with Gasteiger partial charge in [-0.1, -0.05) is 0 Å². The Morgan fingerprint density at radius 3 is 2.91 bits per heavy atom. The van der Waals surface area contributed by atoms with Crippen molar-refractivity contribution in [1.29, 1.82) is 0 Å². The van der Waals surface area contributed by atoms with Gasteiger partial charge in [0.25, 0.3) is 0 Å². The van der Waals surface area contributed by atoms with Gasteiger partial charge in [-0.15, -0.1) is 0 Å². The quantitative estimate of drug-likeness (QED) is 0.835. The van der Waals surface area contributed by atoms with Crippen LogP contribution in [0.3, 0.4) is 0 Å². The van der Waals surface area contributed by atoms with Gasteiger partial charge in [0.15, 0.2) is 5.82 Å². The van der Waals surface area contributed by atoms with Gasteiger partial charge in [-0.05, 0) is 25.2 Å². The van der Waals surface area contributed by atoms with Crippen LogP contribution >= 0.6 is 0 Å². The van der Waals surface area contributed by atoms with Gasteiger partial charge >= 0.3 is 0 Å². The Labute approximate surface area is 130 Å². The number of rotatable bonds is 4. The van der Waals surface area contributed by atoms with Crippen molar-refractivity contribution in [3.8, 4) is 5.82 Å². The molecule has 1 atom stereocenters. The maximum atomic E-state index is 11.7. The maximum absolute atomic E-state index is 11.7. The number of hydrogen-bond donors (Lipinski definition) is 0. The molecule has 0 saturated carbocycles. The minimum atomic E-state index is -3.11. The topological polar surface area (TPSA) is 81.0 Å². The minimum Gasteiger partial charge on any atom is -0.289 e. The fourth-order valence-electron chi connectivity index (χ4n) is 2.80. The molecule has 7 nitrogen and oxygen atoms in total. The zero-order chi connectivity index (χ0) is 15.6. The summed E-state index contributed by atoms with van der Waals surface area (Å²) in [6, 6.07) is 0. The van der Waals surface area contributed by atoms with Crippen molar-refractivity contribution < 1.29 is 8.42 Å². The van der Waals surface area contributed by atoms with Crippen molar-refractivity contribution in [1.82, 2.24) is 23.8 Å². The molecule has 3 rings (SSSR count). The molecule has 0 bridgehead atoms. The van der Waals surface area contributed by atoms with Crippen LogP contribution in [0.2, 0.25) is 0 Å². The largest absolute Gasteiger partial charge is 0.289 e. The molecule has 1 fully saturated rings. The zero-order valence-corrected chi connectivity index (χ0v) is 13.3. The second-order valence-electron chi connectivity index (χ2n) is 5.67. The Kier molecular flexibility index (Phi) is 4.21. The minimum absolute atomic E-state index is 0.288. The number of piperidine rings is 1. The second kappa shape index (κ2) is 6.13. The van der Waals surface area contributed by atoms with E-state index in [1.54, 1.807) is 33.8 Å². The molecule has 2 aromatic heterocycles. The third-order valence-corrected chi connectivity index (χ3v) is 5.16. The molecule has 0 aromatic carbocycles. The van der Waals surface area contributed by atoms with E-state index in [1.807, 2.05) is 6.20 Å². The summed E-state index contributed by atoms with van der Waals surface area (Å²) in [6.45, 7) is 1.19. The smallest absolute Gasteiger partial charge is 0.211 e. The van der Waals surface area contributed by atoms with Gasteiger partial charge in [0, 0.05) is 31.7 Å². The molecule has 2 aromatic rings. The predicted octanol–water partition coefficient (Wildman–Crippen LogP) is 0.876. The van der Waals surface area contributed by atoms with Crippen LogP contribution in [0.5, 0.6) is 0 Å². The Morgan fingerprint density at radius 2 is 2.18 bits per heavy atom. The summed E-state index contributed by atoms with van der Waals surface area (Å²) in [5.41, 5.74) is 0.881. The lowest BCUT2D eigenvalue weighted by atomic mass is 9.95. The highest BCUT2D eigenvalue weighted by molar-refractivity contribution is 7.88. The van der Waals surface area contributed by atoms with Crippen LogP contribution < -0.4 is 0 Å². The van der Waals surface area contributed by atoms with E-state index in [-0.39, 0.29) is 5.92 Å². The van der Waals surface area contributed by atoms with E-state index < -0.39 is 10.0 Å². The first-order valence-electron chi connectivity index (χ1n) is 7.27. The zero-order valence-electron chi connectivity index (χ0n) is 12.5. The monoisotopic (exact) mass is 321 g/mol. The molecule has 0 unspecified atom stereocenters. The fourth-order valence-corrected chi connectivity index (χ4v) is 3.75. The van der Waals surface area contributed by atoms with Crippen molar-refractivity contribution in [3.05, 3.63) is 36.8 Å². The SMILES string of the molecule is CS(=O)(=O)N1CCC[C@@H](Cc2cncc(-n3ccnc3)n2)C1. The van der Waals surface area contributed by atoms with E-state index in [0.717, 1.165) is 30.8 Å². The summed E-state index contributed by atoms with van der Waals surface area (Å²) < 4.78 is 26.7. The lowest BCUT2D eigenvalue weighted by molar-refractivity contribution is 0.265. The molecular weight excluding hydrogens is 302 g/mol. The van der Waals surface area contributed by atoms with Crippen LogP contribution in [-0.2, 0) is 16.4 Å². The van der Waals surface area contributed by atoms with Crippen LogP contribution in [0.1, 0.15) is 18.5 Å². The molecule has 8 heteroatoms. The maximum Gasteiger partial charge on any atom is 0.211 e. The third-order valence-electron chi connectivity index (χ3n) is 3.89. The molecule has 0 amide bonds. The van der Waals surface area contributed by atoms with Crippen LogP contribution in [0.25, 0.3) is 5.82 Å². The van der Waals surface area contributed by atoms with Crippen LogP contribution in [0.15, 0.2) is 31.1 Å². The molecular formula is C14H19N5O2S. The van der Waals surface area contributed by atoms with Crippen molar-refractivity contribution >= 4 is 10.0 Å². The first-order chi connectivity index (χ1) is 10.5. The Bertz CT molecular complexity index is 729. The molecule has 0 radical (unpaired) electrons. The molecule has 118 valence electrons. The number of sulfonamides is 1. The fraction of sp³-hybridized carbons (Fsp3) is 0.500. The van der Waals surface area contributed by atoms with Gasteiger partial charge in [0.05, 0.1) is 18.1 Å². The standard InChI is InChI=1S/C14H19N5O2S/c1-22(20,21)19-5-2-3-12(10-19)7-13-8-16-9-14(17-13)18-6-4-15-11-18/h4,6,8-9,11-12H,2-3,5,7,10H2,1H3/t12-/m0/s1. The number of nitrogens with zero attached hydrogens (tertiary/aromatic N) is 5. The van der Waals surface area contributed by atoms with Gasteiger partial charge in [-0.3, -0.25) is 9.55 Å². The average molecular weight is 321 g/mol. The van der Waals surface area contributed by atoms with Crippen molar-refractivity contribution in [2.75, 3.05) is 19.3 Å². The van der Waals surface area contributed by atoms with E-state index in [2.05, 4.69) is 15.0 Å². The van der Waals surface area contributed by atoms with Crippen LogP contribution in [-0.4, -0.2) is 51.6 Å². The van der Waals surface area contributed by atoms with E-state index in [0.29, 0.717) is 13.1 Å². The molecule has 1 aliphatic rings. The Balaban J connectivity index is 1.72. The summed E-state index contributed by atoms with van der Waals surface area (Å²) >= 11 is 0. The highest BCUT2D eigenvalue weighted by Crippen LogP contribution is 2.21. The van der Waals surface area contributed by atoms with E-state index in [1.165, 1.54) is 6.26 Å². The van der Waals surface area contributed by atoms with Gasteiger partial charge in [-0.25, -0.2) is 22.7 Å². The normalized spacial score (nSPS) is 20.1. The average Bonchev–Trinajstić information content (AvgIpc) is 3.01. The van der Waals surface area contributed by atoms with Gasteiger partial charge < -0.3 is 0 Å². The van der Waals surface area contributed by atoms with Crippen molar-refractivity contribution in [2.45, 2.75) is 19.3 Å². The summed E-state index contributed by atoms with van der Waals surface area (Å²) in [5, 5.41) is 0. The molecule has 1 saturated heterocycles. The molecule has 0 aliphatic carbocycles. The van der Waals surface area contributed by atoms with E-state index in [9.17, 15) is 8.42 Å². The van der Waals surface area contributed by atoms with E-state index in [4.69, 9.17) is 0 Å². The van der Waals surface area contributed by atoms with Gasteiger partial charge in [0.1, 0.15) is 6.33 Å². The van der Waals surface area contributed by atoms with Gasteiger partial charge in [0.2, 0.25) is 10.0 Å². The molecule has 3 heterocycles. The van der Waals surface area contributed by atoms with Gasteiger partial charge in [-0.2, -0.15) is 0 Å². The van der Waals surface area contributed by atoms with E-state index >= 15 is 0 Å². The predicted molar refractivity (Wildman–Crippen MR) is 82.0 cm³/mol. The van der Waals surface area contributed by atoms with Crippen LogP contribution in [0, 0.1) is 5.92 Å². The highest BCUT2D eigenvalue weighted by atomic mass is 32.2. The number of hydrogen-bond acceptors (Lipinski definition) is 5. The molecule has 0 spiro atoms. The number of imidazole rings is 1. The summed E-state index contributed by atoms with van der Waals surface area (Å²) in [7, 11) is -3.11. The lowest BCUT2D eigenvalue weighted by Gasteiger charge is -2.30. The molecule has 22 heavy (non-hydrogen) atoms. The Hall–Kier alpha value is -1.80. The summed E-state index contributed by atoms with van der Waals surface area (Å²) in [5.74, 6) is 1.02. The molecule has 0 N–H and O–H groups in total. The van der Waals surface area contributed by atoms with Crippen molar-refractivity contribution in [2.24, 2.45) is 5.92 Å². The first-order valence-corrected chi connectivity index (χ1v) is 9.11. The molecule has 1 aliphatic heterocycles. The lowest BCUT2D eigenvalue weighted by Crippen LogP contribution is -2.39. The summed E-state index contributed by atoms with van der Waals surface area (Å²) in [4.78, 5) is 12.8. The van der Waals surface area contributed by atoms with Crippen molar-refractivity contribution in [3.63, 3.8) is 0 Å². The second-order valence-corrected chi connectivity index (χ2v) is 7.65. The highest BCUT2D eigenvalue weighted by Gasteiger charge is 2.26. The number of aromatic nitrogens is 4. The summed E-state index contributed by atoms with van der Waals surface area (Å²) in [6.07, 6.45) is 12.6.